The summed E-state index contributed by atoms with van der Waals surface area (Å²) in [5.41, 5.74) is 7.37. The number of anilines is 1. The lowest BCUT2D eigenvalue weighted by molar-refractivity contribution is -0.135. The third kappa shape index (κ3) is 3.51. The summed E-state index contributed by atoms with van der Waals surface area (Å²) in [6.07, 6.45) is 3.48. The van der Waals surface area contributed by atoms with Gasteiger partial charge in [0.2, 0.25) is 11.9 Å². The molecule has 0 bridgehead atoms. The van der Waals surface area contributed by atoms with Gasteiger partial charge in [-0.05, 0) is 23.8 Å². The Morgan fingerprint density at radius 3 is 2.62 bits per heavy atom. The molecule has 0 spiro atoms. The molecule has 1 aromatic heterocycles. The highest BCUT2D eigenvalue weighted by Crippen LogP contribution is 2.28. The van der Waals surface area contributed by atoms with Crippen molar-refractivity contribution in [2.75, 3.05) is 37.6 Å². The Hall–Kier alpha value is -2.22. The maximum Gasteiger partial charge on any atom is 0.229 e. The zero-order valence-corrected chi connectivity index (χ0v) is 15.1. The van der Waals surface area contributed by atoms with Gasteiger partial charge in [-0.1, -0.05) is 23.7 Å². The van der Waals surface area contributed by atoms with Crippen LogP contribution in [0.1, 0.15) is 11.6 Å². The Kier molecular flexibility index (Phi) is 5.01. The van der Waals surface area contributed by atoms with Gasteiger partial charge < -0.3 is 9.80 Å². The van der Waals surface area contributed by atoms with E-state index in [1.54, 1.807) is 18.5 Å². The zero-order valence-electron chi connectivity index (χ0n) is 14.3. The number of aromatic nitrogens is 2. The van der Waals surface area contributed by atoms with Crippen LogP contribution in [0.4, 0.5) is 5.95 Å². The normalized spacial score (nSPS) is 23.3. The molecule has 3 heterocycles. The molecule has 2 unspecified atom stereocenters. The van der Waals surface area contributed by atoms with Gasteiger partial charge in [-0.3, -0.25) is 10.2 Å². The first-order chi connectivity index (χ1) is 12.7. The van der Waals surface area contributed by atoms with Gasteiger partial charge in [0.05, 0.1) is 12.0 Å². The third-order valence-electron chi connectivity index (χ3n) is 4.93. The molecule has 0 saturated carbocycles. The van der Waals surface area contributed by atoms with E-state index in [4.69, 9.17) is 11.6 Å². The maximum atomic E-state index is 13.1. The van der Waals surface area contributed by atoms with Gasteiger partial charge in [0.15, 0.2) is 0 Å². The van der Waals surface area contributed by atoms with Crippen LogP contribution >= 0.6 is 11.6 Å². The van der Waals surface area contributed by atoms with Crippen molar-refractivity contribution in [3.63, 3.8) is 0 Å². The van der Waals surface area contributed by atoms with E-state index in [1.807, 2.05) is 29.2 Å². The van der Waals surface area contributed by atoms with E-state index in [-0.39, 0.29) is 17.9 Å². The van der Waals surface area contributed by atoms with E-state index < -0.39 is 0 Å². The number of hydrogen-bond donors (Lipinski definition) is 2. The highest BCUT2D eigenvalue weighted by molar-refractivity contribution is 6.30. The van der Waals surface area contributed by atoms with E-state index in [9.17, 15) is 4.79 Å². The number of benzene rings is 1. The molecule has 136 valence electrons. The molecule has 8 heteroatoms. The molecular formula is C18H21ClN6O. The fourth-order valence-electron chi connectivity index (χ4n) is 3.56. The van der Waals surface area contributed by atoms with Crippen molar-refractivity contribution in [2.45, 2.75) is 6.04 Å². The van der Waals surface area contributed by atoms with Crippen LogP contribution in [-0.4, -0.2) is 53.5 Å². The number of carbonyl (C=O) groups excluding carboxylic acids is 1. The lowest BCUT2D eigenvalue weighted by Gasteiger charge is -2.36. The largest absolute Gasteiger partial charge is 0.339 e. The summed E-state index contributed by atoms with van der Waals surface area (Å²) in [5.74, 6) is 0.745. The Morgan fingerprint density at radius 2 is 1.88 bits per heavy atom. The molecule has 2 N–H and O–H groups in total. The lowest BCUT2D eigenvalue weighted by Crippen LogP contribution is -2.51. The Morgan fingerprint density at radius 1 is 1.12 bits per heavy atom. The zero-order chi connectivity index (χ0) is 17.9. The average Bonchev–Trinajstić information content (AvgIpc) is 3.18. The Balaban J connectivity index is 1.41. The van der Waals surface area contributed by atoms with Crippen molar-refractivity contribution >= 4 is 23.5 Å². The molecule has 2 fully saturated rings. The van der Waals surface area contributed by atoms with Gasteiger partial charge in [-0.2, -0.15) is 0 Å². The topological polar surface area (TPSA) is 73.4 Å². The summed E-state index contributed by atoms with van der Waals surface area (Å²) in [6, 6.07) is 9.40. The average molecular weight is 373 g/mol. The monoisotopic (exact) mass is 372 g/mol. The van der Waals surface area contributed by atoms with Crippen molar-refractivity contribution < 1.29 is 4.79 Å². The van der Waals surface area contributed by atoms with Crippen molar-refractivity contribution in [3.05, 3.63) is 53.3 Å². The number of piperazine rings is 1. The van der Waals surface area contributed by atoms with Gasteiger partial charge in [-0.25, -0.2) is 15.4 Å². The molecule has 2 aromatic rings. The third-order valence-corrected chi connectivity index (χ3v) is 5.17. The Bertz CT molecular complexity index is 765. The number of nitrogens with zero attached hydrogens (tertiary/aromatic N) is 4. The smallest absolute Gasteiger partial charge is 0.229 e. The minimum Gasteiger partial charge on any atom is -0.339 e. The fourth-order valence-corrected chi connectivity index (χ4v) is 3.76. The fraction of sp³-hybridized carbons (Fsp3) is 0.389. The first-order valence-electron chi connectivity index (χ1n) is 8.77. The van der Waals surface area contributed by atoms with E-state index in [0.717, 1.165) is 24.6 Å². The molecule has 1 amide bonds. The molecule has 0 aliphatic carbocycles. The number of hydrazine groups is 1. The summed E-state index contributed by atoms with van der Waals surface area (Å²) in [7, 11) is 0. The molecule has 26 heavy (non-hydrogen) atoms. The first kappa shape index (κ1) is 17.2. The minimum absolute atomic E-state index is 0.0725. The molecule has 2 aliphatic heterocycles. The van der Waals surface area contributed by atoms with Crippen LogP contribution in [0.3, 0.4) is 0 Å². The lowest BCUT2D eigenvalue weighted by atomic mass is 9.93. The highest BCUT2D eigenvalue weighted by atomic mass is 35.5. The second kappa shape index (κ2) is 7.57. The van der Waals surface area contributed by atoms with E-state index in [1.165, 1.54) is 0 Å². The molecule has 7 nitrogen and oxygen atoms in total. The molecule has 0 radical (unpaired) electrons. The number of amides is 1. The number of nitrogens with one attached hydrogen (secondary N) is 2. The number of carbonyl (C=O) groups is 1. The SMILES string of the molecule is O=C(C1CNNC1c1cccc(Cl)c1)N1CCN(c2ncccn2)CC1. The Labute approximate surface area is 157 Å². The first-order valence-corrected chi connectivity index (χ1v) is 9.15. The molecule has 2 saturated heterocycles. The number of rotatable bonds is 3. The minimum atomic E-state index is -0.145. The second-order valence-electron chi connectivity index (χ2n) is 6.53. The van der Waals surface area contributed by atoms with Crippen LogP contribution in [0.15, 0.2) is 42.7 Å². The number of hydrogen-bond acceptors (Lipinski definition) is 6. The summed E-state index contributed by atoms with van der Waals surface area (Å²) in [4.78, 5) is 25.7. The standard InChI is InChI=1S/C18H21ClN6O/c19-14-4-1-3-13(11-14)16-15(12-22-23-16)17(26)24-7-9-25(10-8-24)18-20-5-2-6-21-18/h1-6,11,15-16,22-23H,7-10,12H2. The van der Waals surface area contributed by atoms with Crippen LogP contribution in [-0.2, 0) is 4.79 Å². The second-order valence-corrected chi connectivity index (χ2v) is 6.96. The molecular weight excluding hydrogens is 352 g/mol. The predicted molar refractivity (Wildman–Crippen MR) is 99.6 cm³/mol. The summed E-state index contributed by atoms with van der Waals surface area (Å²) in [5, 5.41) is 0.680. The van der Waals surface area contributed by atoms with Crippen molar-refractivity contribution in [1.29, 1.82) is 0 Å². The quantitative estimate of drug-likeness (QED) is 0.844. The molecule has 2 aliphatic rings. The van der Waals surface area contributed by atoms with Crippen LogP contribution in [0, 0.1) is 5.92 Å². The summed E-state index contributed by atoms with van der Waals surface area (Å²) < 4.78 is 0. The van der Waals surface area contributed by atoms with E-state index >= 15 is 0 Å². The van der Waals surface area contributed by atoms with Crippen LogP contribution < -0.4 is 15.8 Å². The molecule has 4 rings (SSSR count). The van der Waals surface area contributed by atoms with Gasteiger partial charge in [0.25, 0.3) is 0 Å². The van der Waals surface area contributed by atoms with Gasteiger partial charge in [0.1, 0.15) is 0 Å². The van der Waals surface area contributed by atoms with E-state index in [0.29, 0.717) is 24.7 Å². The van der Waals surface area contributed by atoms with Crippen LogP contribution in [0.2, 0.25) is 5.02 Å². The van der Waals surface area contributed by atoms with Gasteiger partial charge >= 0.3 is 0 Å². The van der Waals surface area contributed by atoms with Crippen LogP contribution in [0.25, 0.3) is 0 Å². The summed E-state index contributed by atoms with van der Waals surface area (Å²) >= 11 is 6.11. The number of halogens is 1. The predicted octanol–water partition coefficient (Wildman–Crippen LogP) is 1.24. The van der Waals surface area contributed by atoms with Gasteiger partial charge in [-0.15, -0.1) is 0 Å². The molecule has 1 aromatic carbocycles. The van der Waals surface area contributed by atoms with Crippen LogP contribution in [0.5, 0.6) is 0 Å². The molecule has 2 atom stereocenters. The van der Waals surface area contributed by atoms with E-state index in [2.05, 4.69) is 25.7 Å². The van der Waals surface area contributed by atoms with Crippen molar-refractivity contribution in [2.24, 2.45) is 5.92 Å². The highest BCUT2D eigenvalue weighted by Gasteiger charge is 2.37. The van der Waals surface area contributed by atoms with Gasteiger partial charge in [0, 0.05) is 50.1 Å². The summed E-state index contributed by atoms with van der Waals surface area (Å²) in [6.45, 7) is 3.44. The van der Waals surface area contributed by atoms with Crippen molar-refractivity contribution in [3.8, 4) is 0 Å². The van der Waals surface area contributed by atoms with Crippen molar-refractivity contribution in [1.82, 2.24) is 25.7 Å². The maximum absolute atomic E-state index is 13.1.